The average molecular weight is 229 g/mol. The predicted octanol–water partition coefficient (Wildman–Crippen LogP) is 3.00. The maximum atomic E-state index is 11.2. The van der Waals surface area contributed by atoms with Crippen LogP contribution in [0.1, 0.15) is 53.4 Å². The fraction of sp³-hybridized carbons (Fsp3) is 0.923. The van der Waals surface area contributed by atoms with Gasteiger partial charge < -0.3 is 5.11 Å². The van der Waals surface area contributed by atoms with Crippen LogP contribution in [-0.2, 0) is 4.79 Å². The molecule has 1 unspecified atom stereocenters. The lowest BCUT2D eigenvalue weighted by Crippen LogP contribution is -2.43. The number of hydrogen-bond donors (Lipinski definition) is 1. The summed E-state index contributed by atoms with van der Waals surface area (Å²) >= 11 is 0. The van der Waals surface area contributed by atoms with Gasteiger partial charge in [-0.2, -0.15) is 0 Å². The molecule has 0 aliphatic carbocycles. The Balaban J connectivity index is 4.46. The highest BCUT2D eigenvalue weighted by molar-refractivity contribution is 5.73. The topological polar surface area (TPSA) is 40.5 Å². The monoisotopic (exact) mass is 229 g/mol. The van der Waals surface area contributed by atoms with Crippen LogP contribution in [0.25, 0.3) is 0 Å². The molecule has 0 aliphatic rings. The largest absolute Gasteiger partial charge is 0.480 e. The van der Waals surface area contributed by atoms with Crippen molar-refractivity contribution in [3.05, 3.63) is 0 Å². The van der Waals surface area contributed by atoms with Gasteiger partial charge in [-0.15, -0.1) is 0 Å². The molecule has 1 N–H and O–H groups in total. The minimum atomic E-state index is -0.672. The molecule has 16 heavy (non-hydrogen) atoms. The lowest BCUT2D eigenvalue weighted by atomic mass is 10.0. The summed E-state index contributed by atoms with van der Waals surface area (Å²) in [6, 6.07) is -0.296. The zero-order chi connectivity index (χ0) is 12.6. The molecule has 0 aromatic rings. The van der Waals surface area contributed by atoms with Crippen LogP contribution in [0.3, 0.4) is 0 Å². The fourth-order valence-electron chi connectivity index (χ4n) is 2.09. The first-order valence-electron chi connectivity index (χ1n) is 6.57. The maximum Gasteiger partial charge on any atom is 0.320 e. The molecule has 0 saturated heterocycles. The first-order chi connectivity index (χ1) is 7.60. The number of likely N-dealkylation sites (N-methyl/N-ethyl adjacent to an activating group) is 1. The van der Waals surface area contributed by atoms with Crippen molar-refractivity contribution >= 4 is 5.97 Å². The highest BCUT2D eigenvalue weighted by Crippen LogP contribution is 2.14. The molecule has 0 aromatic heterocycles. The van der Waals surface area contributed by atoms with E-state index in [-0.39, 0.29) is 6.04 Å². The Kier molecular flexibility index (Phi) is 8.26. The minimum absolute atomic E-state index is 0.296. The van der Waals surface area contributed by atoms with Gasteiger partial charge in [-0.3, -0.25) is 9.69 Å². The summed E-state index contributed by atoms with van der Waals surface area (Å²) in [5, 5.41) is 9.22. The van der Waals surface area contributed by atoms with E-state index in [1.54, 1.807) is 0 Å². The van der Waals surface area contributed by atoms with E-state index < -0.39 is 5.97 Å². The summed E-state index contributed by atoms with van der Waals surface area (Å²) in [7, 11) is 0. The number of nitrogens with zero attached hydrogens (tertiary/aromatic N) is 1. The molecule has 0 heterocycles. The van der Waals surface area contributed by atoms with E-state index in [4.69, 9.17) is 0 Å². The molecular formula is C13H27NO2. The Labute approximate surface area is 99.8 Å². The van der Waals surface area contributed by atoms with E-state index in [1.165, 1.54) is 0 Å². The molecule has 0 amide bonds. The highest BCUT2D eigenvalue weighted by Gasteiger charge is 2.24. The first-order valence-corrected chi connectivity index (χ1v) is 6.57. The average Bonchev–Trinajstić information content (AvgIpc) is 2.28. The third-order valence-electron chi connectivity index (χ3n) is 3.34. The molecular weight excluding hydrogens is 202 g/mol. The van der Waals surface area contributed by atoms with Crippen LogP contribution in [-0.4, -0.2) is 35.1 Å². The third kappa shape index (κ3) is 4.97. The van der Waals surface area contributed by atoms with E-state index in [2.05, 4.69) is 18.7 Å². The SMILES string of the molecule is CCCC(C(=O)O)N(CC)CC(CC)CC. The van der Waals surface area contributed by atoms with E-state index in [0.717, 1.165) is 38.8 Å². The second kappa shape index (κ2) is 8.57. The van der Waals surface area contributed by atoms with Crippen molar-refractivity contribution in [3.8, 4) is 0 Å². The highest BCUT2D eigenvalue weighted by atomic mass is 16.4. The van der Waals surface area contributed by atoms with E-state index in [0.29, 0.717) is 5.92 Å². The summed E-state index contributed by atoms with van der Waals surface area (Å²) < 4.78 is 0. The van der Waals surface area contributed by atoms with Crippen LogP contribution in [0.15, 0.2) is 0 Å². The van der Waals surface area contributed by atoms with E-state index >= 15 is 0 Å². The van der Waals surface area contributed by atoms with Gasteiger partial charge in [-0.25, -0.2) is 0 Å². The van der Waals surface area contributed by atoms with Gasteiger partial charge in [0.1, 0.15) is 6.04 Å². The molecule has 0 fully saturated rings. The summed E-state index contributed by atoms with van der Waals surface area (Å²) in [4.78, 5) is 13.3. The van der Waals surface area contributed by atoms with Gasteiger partial charge in [-0.1, -0.05) is 47.0 Å². The van der Waals surface area contributed by atoms with Crippen LogP contribution in [0, 0.1) is 5.92 Å². The fourth-order valence-corrected chi connectivity index (χ4v) is 2.09. The molecule has 0 radical (unpaired) electrons. The number of carbonyl (C=O) groups is 1. The number of hydrogen-bond acceptors (Lipinski definition) is 2. The van der Waals surface area contributed by atoms with Gasteiger partial charge in [0, 0.05) is 6.54 Å². The molecule has 1 atom stereocenters. The number of carboxylic acids is 1. The minimum Gasteiger partial charge on any atom is -0.480 e. The van der Waals surface area contributed by atoms with Crippen molar-refractivity contribution < 1.29 is 9.90 Å². The zero-order valence-corrected chi connectivity index (χ0v) is 11.2. The van der Waals surface area contributed by atoms with Crippen molar-refractivity contribution in [2.45, 2.75) is 59.4 Å². The van der Waals surface area contributed by atoms with Gasteiger partial charge in [0.15, 0.2) is 0 Å². The van der Waals surface area contributed by atoms with E-state index in [9.17, 15) is 9.90 Å². The van der Waals surface area contributed by atoms with Crippen molar-refractivity contribution in [3.63, 3.8) is 0 Å². The maximum absolute atomic E-state index is 11.2. The smallest absolute Gasteiger partial charge is 0.320 e. The number of rotatable bonds is 9. The number of carboxylic acid groups (broad SMARTS) is 1. The predicted molar refractivity (Wildman–Crippen MR) is 67.7 cm³/mol. The lowest BCUT2D eigenvalue weighted by Gasteiger charge is -2.30. The molecule has 0 spiro atoms. The summed E-state index contributed by atoms with van der Waals surface area (Å²) in [6.45, 7) is 10.2. The van der Waals surface area contributed by atoms with Crippen molar-refractivity contribution in [2.24, 2.45) is 5.92 Å². The van der Waals surface area contributed by atoms with Crippen LogP contribution >= 0.6 is 0 Å². The molecule has 3 nitrogen and oxygen atoms in total. The summed E-state index contributed by atoms with van der Waals surface area (Å²) in [6.07, 6.45) is 3.94. The molecule has 0 aromatic carbocycles. The first kappa shape index (κ1) is 15.4. The molecule has 0 bridgehead atoms. The van der Waals surface area contributed by atoms with Crippen LogP contribution < -0.4 is 0 Å². The lowest BCUT2D eigenvalue weighted by molar-refractivity contribution is -0.143. The second-order valence-corrected chi connectivity index (χ2v) is 4.41. The third-order valence-corrected chi connectivity index (χ3v) is 3.34. The van der Waals surface area contributed by atoms with Gasteiger partial charge in [-0.05, 0) is 18.9 Å². The van der Waals surface area contributed by atoms with Crippen LogP contribution in [0.5, 0.6) is 0 Å². The Morgan fingerprint density at radius 1 is 1.19 bits per heavy atom. The normalized spacial score (nSPS) is 13.4. The van der Waals surface area contributed by atoms with Crippen LogP contribution in [0.4, 0.5) is 0 Å². The van der Waals surface area contributed by atoms with Gasteiger partial charge in [0.25, 0.3) is 0 Å². The Bertz CT molecular complexity index is 190. The zero-order valence-electron chi connectivity index (χ0n) is 11.2. The molecule has 0 rings (SSSR count). The van der Waals surface area contributed by atoms with E-state index in [1.807, 2.05) is 13.8 Å². The Hall–Kier alpha value is -0.570. The quantitative estimate of drug-likeness (QED) is 0.660. The van der Waals surface area contributed by atoms with Crippen molar-refractivity contribution in [1.29, 1.82) is 0 Å². The molecule has 3 heteroatoms. The Morgan fingerprint density at radius 3 is 2.06 bits per heavy atom. The second-order valence-electron chi connectivity index (χ2n) is 4.41. The van der Waals surface area contributed by atoms with Crippen molar-refractivity contribution in [2.75, 3.05) is 13.1 Å². The Morgan fingerprint density at radius 2 is 1.75 bits per heavy atom. The molecule has 0 saturated carbocycles. The summed E-state index contributed by atoms with van der Waals surface area (Å²) in [5.74, 6) is -0.0479. The van der Waals surface area contributed by atoms with Crippen molar-refractivity contribution in [1.82, 2.24) is 4.90 Å². The standard InChI is InChI=1S/C13H27NO2/c1-5-9-12(13(15)16)14(8-4)10-11(6-2)7-3/h11-12H,5-10H2,1-4H3,(H,15,16). The molecule has 96 valence electrons. The van der Waals surface area contributed by atoms with Gasteiger partial charge >= 0.3 is 5.97 Å². The summed E-state index contributed by atoms with van der Waals surface area (Å²) in [5.41, 5.74) is 0. The van der Waals surface area contributed by atoms with Gasteiger partial charge in [0.05, 0.1) is 0 Å². The van der Waals surface area contributed by atoms with Gasteiger partial charge in [0.2, 0.25) is 0 Å². The number of aliphatic carboxylic acids is 1. The van der Waals surface area contributed by atoms with Crippen LogP contribution in [0.2, 0.25) is 0 Å². The molecule has 0 aliphatic heterocycles.